The second-order valence-electron chi connectivity index (χ2n) is 3.38. The van der Waals surface area contributed by atoms with Crippen LogP contribution < -0.4 is 5.69 Å². The fourth-order valence-corrected chi connectivity index (χ4v) is 1.48. The highest BCUT2D eigenvalue weighted by atomic mass is 16.5. The van der Waals surface area contributed by atoms with Crippen LogP contribution in [0.2, 0.25) is 0 Å². The number of aromatic nitrogens is 3. The molecule has 2 aromatic heterocycles. The zero-order chi connectivity index (χ0) is 10.7. The monoisotopic (exact) mass is 207 g/mol. The number of nitrogens with zero attached hydrogens (tertiary/aromatic N) is 3. The van der Waals surface area contributed by atoms with Gasteiger partial charge < -0.3 is 4.52 Å². The van der Waals surface area contributed by atoms with Gasteiger partial charge in [0, 0.05) is 25.0 Å². The lowest BCUT2D eigenvalue weighted by atomic mass is 10.4. The lowest BCUT2D eigenvalue weighted by molar-refractivity contribution is 0.374. The van der Waals surface area contributed by atoms with Crippen molar-refractivity contribution in [2.24, 2.45) is 0 Å². The minimum atomic E-state index is -0.00625. The van der Waals surface area contributed by atoms with Gasteiger partial charge in [0.1, 0.15) is 0 Å². The number of hydrogen-bond donors (Lipinski definition) is 0. The van der Waals surface area contributed by atoms with Gasteiger partial charge in [0.2, 0.25) is 0 Å². The summed E-state index contributed by atoms with van der Waals surface area (Å²) in [6.45, 7) is 3.23. The molecule has 0 bridgehead atoms. The molecule has 2 aromatic rings. The molecule has 0 radical (unpaired) electrons. The maximum absolute atomic E-state index is 11.7. The highest BCUT2D eigenvalue weighted by molar-refractivity contribution is 4.95. The minimum Gasteiger partial charge on any atom is -0.359 e. The molecule has 0 aliphatic rings. The first-order chi connectivity index (χ1) is 7.31. The van der Waals surface area contributed by atoms with Crippen LogP contribution in [0.3, 0.4) is 0 Å². The molecule has 0 aliphatic carbocycles. The number of hydrogen-bond acceptors (Lipinski definition) is 3. The fraction of sp³-hybridized carbons (Fsp3) is 0.400. The summed E-state index contributed by atoms with van der Waals surface area (Å²) in [6, 6.07) is 1.75. The van der Waals surface area contributed by atoms with Crippen LogP contribution in [0.1, 0.15) is 19.1 Å². The molecule has 5 heteroatoms. The molecule has 15 heavy (non-hydrogen) atoms. The van der Waals surface area contributed by atoms with Crippen LogP contribution in [0.5, 0.6) is 0 Å². The van der Waals surface area contributed by atoms with Gasteiger partial charge in [0.05, 0.1) is 12.7 Å². The van der Waals surface area contributed by atoms with Crippen molar-refractivity contribution >= 4 is 0 Å². The van der Waals surface area contributed by atoms with Crippen molar-refractivity contribution in [3.05, 3.63) is 40.9 Å². The minimum absolute atomic E-state index is 0.00625. The Hall–Kier alpha value is -1.78. The first kappa shape index (κ1) is 9.76. The normalized spacial score (nSPS) is 10.7. The third-order valence-electron chi connectivity index (χ3n) is 2.20. The van der Waals surface area contributed by atoms with Crippen molar-refractivity contribution in [2.45, 2.75) is 26.4 Å². The summed E-state index contributed by atoms with van der Waals surface area (Å²) < 4.78 is 8.24. The lowest BCUT2D eigenvalue weighted by Crippen LogP contribution is -2.24. The van der Waals surface area contributed by atoms with Gasteiger partial charge in [0.15, 0.2) is 5.76 Å². The number of imidazole rings is 1. The first-order valence-electron chi connectivity index (χ1n) is 4.96. The molecule has 0 atom stereocenters. The van der Waals surface area contributed by atoms with E-state index in [1.165, 1.54) is 0 Å². The first-order valence-corrected chi connectivity index (χ1v) is 4.96. The molecule has 0 aliphatic heterocycles. The molecule has 0 unspecified atom stereocenters. The molecule has 0 N–H and O–H groups in total. The quantitative estimate of drug-likeness (QED) is 0.754. The van der Waals surface area contributed by atoms with Gasteiger partial charge in [0.25, 0.3) is 0 Å². The Morgan fingerprint density at radius 1 is 1.40 bits per heavy atom. The van der Waals surface area contributed by atoms with Crippen molar-refractivity contribution in [2.75, 3.05) is 0 Å². The van der Waals surface area contributed by atoms with E-state index in [4.69, 9.17) is 4.52 Å². The Morgan fingerprint density at radius 3 is 2.87 bits per heavy atom. The smallest absolute Gasteiger partial charge is 0.328 e. The van der Waals surface area contributed by atoms with E-state index in [0.717, 1.165) is 13.0 Å². The van der Waals surface area contributed by atoms with E-state index in [2.05, 4.69) is 5.16 Å². The van der Waals surface area contributed by atoms with E-state index >= 15 is 0 Å². The average Bonchev–Trinajstić information content (AvgIpc) is 2.83. The third-order valence-corrected chi connectivity index (χ3v) is 2.20. The summed E-state index contributed by atoms with van der Waals surface area (Å²) in [4.78, 5) is 11.7. The van der Waals surface area contributed by atoms with Gasteiger partial charge in [-0.3, -0.25) is 9.13 Å². The summed E-state index contributed by atoms with van der Waals surface area (Å²) in [5.41, 5.74) is -0.00625. The maximum atomic E-state index is 11.7. The van der Waals surface area contributed by atoms with E-state index in [0.29, 0.717) is 12.3 Å². The van der Waals surface area contributed by atoms with Crippen LogP contribution >= 0.6 is 0 Å². The number of rotatable bonds is 4. The van der Waals surface area contributed by atoms with Crippen molar-refractivity contribution in [1.82, 2.24) is 14.3 Å². The summed E-state index contributed by atoms with van der Waals surface area (Å²) in [5, 5.41) is 3.59. The Kier molecular flexibility index (Phi) is 2.71. The second-order valence-corrected chi connectivity index (χ2v) is 3.38. The molecule has 0 fully saturated rings. The van der Waals surface area contributed by atoms with Crippen LogP contribution in [0.25, 0.3) is 0 Å². The van der Waals surface area contributed by atoms with Gasteiger partial charge in [-0.05, 0) is 6.42 Å². The second kappa shape index (κ2) is 4.16. The average molecular weight is 207 g/mol. The van der Waals surface area contributed by atoms with E-state index < -0.39 is 0 Å². The van der Waals surface area contributed by atoms with E-state index in [-0.39, 0.29) is 5.69 Å². The molecule has 0 amide bonds. The summed E-state index contributed by atoms with van der Waals surface area (Å²) in [7, 11) is 0. The molecule has 0 spiro atoms. The van der Waals surface area contributed by atoms with Crippen molar-refractivity contribution in [1.29, 1.82) is 0 Å². The van der Waals surface area contributed by atoms with E-state index in [9.17, 15) is 4.79 Å². The molecular formula is C10H13N3O2. The summed E-state index contributed by atoms with van der Waals surface area (Å²) in [6.07, 6.45) is 6.08. The molecule has 2 heterocycles. The van der Waals surface area contributed by atoms with E-state index in [1.54, 1.807) is 33.8 Å². The number of aryl methyl sites for hydroxylation is 1. The highest BCUT2D eigenvalue weighted by Gasteiger charge is 2.04. The Bertz CT molecular complexity index is 467. The SMILES string of the molecule is CCCn1ccn(Cc2ccno2)c1=O. The van der Waals surface area contributed by atoms with Crippen molar-refractivity contribution < 1.29 is 4.52 Å². The van der Waals surface area contributed by atoms with Gasteiger partial charge in [-0.25, -0.2) is 4.79 Å². The van der Waals surface area contributed by atoms with Gasteiger partial charge in [-0.2, -0.15) is 0 Å². The highest BCUT2D eigenvalue weighted by Crippen LogP contribution is 1.99. The summed E-state index contributed by atoms with van der Waals surface area (Å²) in [5.74, 6) is 0.686. The summed E-state index contributed by atoms with van der Waals surface area (Å²) >= 11 is 0. The predicted molar refractivity (Wildman–Crippen MR) is 54.6 cm³/mol. The Labute approximate surface area is 86.9 Å². The molecule has 80 valence electrons. The Morgan fingerprint density at radius 2 is 2.20 bits per heavy atom. The molecule has 0 aromatic carbocycles. The van der Waals surface area contributed by atoms with Gasteiger partial charge in [-0.15, -0.1) is 0 Å². The molecule has 5 nitrogen and oxygen atoms in total. The maximum Gasteiger partial charge on any atom is 0.328 e. The molecule has 0 saturated heterocycles. The zero-order valence-corrected chi connectivity index (χ0v) is 8.59. The van der Waals surface area contributed by atoms with Crippen LogP contribution in [-0.4, -0.2) is 14.3 Å². The van der Waals surface area contributed by atoms with Crippen molar-refractivity contribution in [3.8, 4) is 0 Å². The van der Waals surface area contributed by atoms with Crippen LogP contribution in [0.15, 0.2) is 34.0 Å². The lowest BCUT2D eigenvalue weighted by Gasteiger charge is -1.97. The van der Waals surface area contributed by atoms with Crippen molar-refractivity contribution in [3.63, 3.8) is 0 Å². The van der Waals surface area contributed by atoms with Crippen LogP contribution in [0.4, 0.5) is 0 Å². The predicted octanol–water partition coefficient (Wildman–Crippen LogP) is 1.10. The van der Waals surface area contributed by atoms with Crippen LogP contribution in [-0.2, 0) is 13.1 Å². The van der Waals surface area contributed by atoms with Crippen LogP contribution in [0, 0.1) is 0 Å². The standard InChI is InChI=1S/C10H13N3O2/c1-2-5-12-6-7-13(10(12)14)8-9-3-4-11-15-9/h3-4,6-7H,2,5,8H2,1H3. The molecule has 0 saturated carbocycles. The topological polar surface area (TPSA) is 53.0 Å². The Balaban J connectivity index is 2.19. The molecular weight excluding hydrogens is 194 g/mol. The molecule has 2 rings (SSSR count). The van der Waals surface area contributed by atoms with Gasteiger partial charge in [-0.1, -0.05) is 12.1 Å². The van der Waals surface area contributed by atoms with Gasteiger partial charge >= 0.3 is 5.69 Å². The third kappa shape index (κ3) is 2.01. The largest absolute Gasteiger partial charge is 0.359 e. The zero-order valence-electron chi connectivity index (χ0n) is 8.59. The van der Waals surface area contributed by atoms with E-state index in [1.807, 2.05) is 6.92 Å². The fourth-order valence-electron chi connectivity index (χ4n) is 1.48.